The van der Waals surface area contributed by atoms with Gasteiger partial charge >= 0.3 is 0 Å². The minimum absolute atomic E-state index is 1.03. The Morgan fingerprint density at radius 1 is 1.36 bits per heavy atom. The van der Waals surface area contributed by atoms with Gasteiger partial charge in [-0.15, -0.1) is 0 Å². The molecule has 0 aliphatic carbocycles. The van der Waals surface area contributed by atoms with Crippen molar-refractivity contribution in [2.45, 2.75) is 20.8 Å². The van der Waals surface area contributed by atoms with Gasteiger partial charge in [0.05, 0.1) is 0 Å². The van der Waals surface area contributed by atoms with Crippen molar-refractivity contribution in [1.82, 2.24) is 9.55 Å². The summed E-state index contributed by atoms with van der Waals surface area (Å²) in [5, 5.41) is 1.21. The number of hydrogen-bond acceptors (Lipinski definition) is 1. The fourth-order valence-corrected chi connectivity index (χ4v) is 1.76. The highest BCUT2D eigenvalue weighted by Crippen LogP contribution is 2.21. The summed E-state index contributed by atoms with van der Waals surface area (Å²) < 4.78 is 3.07. The van der Waals surface area contributed by atoms with Crippen molar-refractivity contribution in [1.29, 1.82) is 0 Å². The molecular formula is C11H15BrN2. The van der Waals surface area contributed by atoms with Gasteiger partial charge in [0.1, 0.15) is 5.65 Å². The first-order chi connectivity index (χ1) is 6.68. The maximum atomic E-state index is 4.32. The molecule has 2 nitrogen and oxygen atoms in total. The Morgan fingerprint density at radius 2 is 2.00 bits per heavy atom. The van der Waals surface area contributed by atoms with E-state index in [-0.39, 0.29) is 0 Å². The highest BCUT2D eigenvalue weighted by Gasteiger charge is 2.03. The number of aryl methyl sites for hydroxylation is 2. The summed E-state index contributed by atoms with van der Waals surface area (Å²) in [7, 11) is 2.01. The van der Waals surface area contributed by atoms with Crippen LogP contribution in [0.2, 0.25) is 0 Å². The van der Waals surface area contributed by atoms with Crippen LogP contribution in [0.3, 0.4) is 0 Å². The lowest BCUT2D eigenvalue weighted by Gasteiger charge is -1.94. The van der Waals surface area contributed by atoms with Crippen LogP contribution in [-0.2, 0) is 7.05 Å². The summed E-state index contributed by atoms with van der Waals surface area (Å²) in [5.41, 5.74) is 2.30. The highest BCUT2D eigenvalue weighted by molar-refractivity contribution is 9.10. The van der Waals surface area contributed by atoms with Gasteiger partial charge in [0.15, 0.2) is 0 Å². The average molecular weight is 255 g/mol. The lowest BCUT2D eigenvalue weighted by molar-refractivity contribution is 0.944. The van der Waals surface area contributed by atoms with Gasteiger partial charge in [-0.1, -0.05) is 13.8 Å². The topological polar surface area (TPSA) is 17.8 Å². The van der Waals surface area contributed by atoms with E-state index in [9.17, 15) is 0 Å². The van der Waals surface area contributed by atoms with E-state index in [4.69, 9.17) is 0 Å². The minimum Gasteiger partial charge on any atom is -0.335 e. The van der Waals surface area contributed by atoms with E-state index >= 15 is 0 Å². The van der Waals surface area contributed by atoms with E-state index in [1.54, 1.807) is 0 Å². The molecule has 0 atom stereocenters. The van der Waals surface area contributed by atoms with Gasteiger partial charge in [0.2, 0.25) is 0 Å². The molecule has 0 bridgehead atoms. The second-order valence-electron chi connectivity index (χ2n) is 2.95. The Kier molecular flexibility index (Phi) is 3.69. The molecule has 0 N–H and O–H groups in total. The van der Waals surface area contributed by atoms with E-state index in [0.717, 1.165) is 10.1 Å². The van der Waals surface area contributed by atoms with E-state index < -0.39 is 0 Å². The Bertz CT molecular complexity index is 432. The molecule has 0 unspecified atom stereocenters. The molecule has 2 aromatic rings. The van der Waals surface area contributed by atoms with Gasteiger partial charge < -0.3 is 4.57 Å². The summed E-state index contributed by atoms with van der Waals surface area (Å²) in [6.07, 6.45) is 3.91. The molecule has 0 spiro atoms. The van der Waals surface area contributed by atoms with Crippen molar-refractivity contribution in [2.75, 3.05) is 0 Å². The molecule has 2 rings (SSSR count). The second kappa shape index (κ2) is 4.60. The molecule has 0 aromatic carbocycles. The molecule has 2 aromatic heterocycles. The van der Waals surface area contributed by atoms with Crippen molar-refractivity contribution in [2.24, 2.45) is 7.05 Å². The largest absolute Gasteiger partial charge is 0.335 e. The zero-order valence-corrected chi connectivity index (χ0v) is 10.6. The lowest BCUT2D eigenvalue weighted by atomic mass is 10.2. The lowest BCUT2D eigenvalue weighted by Crippen LogP contribution is -1.86. The maximum absolute atomic E-state index is 4.32. The van der Waals surface area contributed by atoms with Crippen molar-refractivity contribution < 1.29 is 0 Å². The van der Waals surface area contributed by atoms with Crippen molar-refractivity contribution in [3.05, 3.63) is 28.5 Å². The fraction of sp³-hybridized carbons (Fsp3) is 0.364. The van der Waals surface area contributed by atoms with Crippen LogP contribution >= 0.6 is 15.9 Å². The number of hydrogen-bond donors (Lipinski definition) is 0. The summed E-state index contributed by atoms with van der Waals surface area (Å²) in [6.45, 7) is 6.09. The second-order valence-corrected chi connectivity index (χ2v) is 3.86. The number of aromatic nitrogens is 2. The van der Waals surface area contributed by atoms with Crippen molar-refractivity contribution in [3.63, 3.8) is 0 Å². The average Bonchev–Trinajstić information content (AvgIpc) is 2.46. The molecular weight excluding hydrogens is 240 g/mol. The number of rotatable bonds is 0. The van der Waals surface area contributed by atoms with Gasteiger partial charge in [-0.05, 0) is 34.5 Å². The van der Waals surface area contributed by atoms with Crippen LogP contribution in [0.15, 0.2) is 22.9 Å². The van der Waals surface area contributed by atoms with Gasteiger partial charge in [0, 0.05) is 29.3 Å². The third-order valence-electron chi connectivity index (χ3n) is 1.98. The molecule has 0 radical (unpaired) electrons. The fourth-order valence-electron chi connectivity index (χ4n) is 1.42. The molecule has 0 saturated heterocycles. The monoisotopic (exact) mass is 254 g/mol. The maximum Gasteiger partial charge on any atom is 0.139 e. The van der Waals surface area contributed by atoms with Crippen LogP contribution < -0.4 is 0 Å². The molecule has 0 aliphatic rings. The SMILES string of the molecule is CC.Cc1cn(C)c2ncc(Br)cc12. The molecule has 0 fully saturated rings. The van der Waals surface area contributed by atoms with Crippen LogP contribution in [0.1, 0.15) is 19.4 Å². The molecule has 76 valence electrons. The number of pyridine rings is 1. The molecule has 0 amide bonds. The van der Waals surface area contributed by atoms with Gasteiger partial charge in [0.25, 0.3) is 0 Å². The first-order valence-corrected chi connectivity index (χ1v) is 5.55. The summed E-state index contributed by atoms with van der Waals surface area (Å²) >= 11 is 3.40. The zero-order chi connectivity index (χ0) is 10.7. The number of halogens is 1. The van der Waals surface area contributed by atoms with Gasteiger partial charge in [-0.25, -0.2) is 4.98 Å². The van der Waals surface area contributed by atoms with Gasteiger partial charge in [-0.3, -0.25) is 0 Å². The van der Waals surface area contributed by atoms with E-state index in [2.05, 4.69) is 40.1 Å². The standard InChI is InChI=1S/C9H9BrN2.C2H6/c1-6-5-12(2)9-8(6)3-7(10)4-11-9;1-2/h3-5H,1-2H3;1-2H3. The highest BCUT2D eigenvalue weighted by atomic mass is 79.9. The summed E-state index contributed by atoms with van der Waals surface area (Å²) in [6, 6.07) is 2.09. The van der Waals surface area contributed by atoms with Crippen LogP contribution in [0, 0.1) is 6.92 Å². The smallest absolute Gasteiger partial charge is 0.139 e. The molecule has 14 heavy (non-hydrogen) atoms. The summed E-state index contributed by atoms with van der Waals surface area (Å²) in [4.78, 5) is 4.32. The quantitative estimate of drug-likeness (QED) is 0.702. The predicted octanol–water partition coefficient (Wildman–Crippen LogP) is 3.67. The molecule has 3 heteroatoms. The Hall–Kier alpha value is -0.830. The van der Waals surface area contributed by atoms with E-state index in [1.807, 2.05) is 31.7 Å². The Morgan fingerprint density at radius 3 is 2.64 bits per heavy atom. The minimum atomic E-state index is 1.03. The third-order valence-corrected chi connectivity index (χ3v) is 2.41. The van der Waals surface area contributed by atoms with Crippen molar-refractivity contribution in [3.8, 4) is 0 Å². The zero-order valence-electron chi connectivity index (χ0n) is 9.00. The summed E-state index contributed by atoms with van der Waals surface area (Å²) in [5.74, 6) is 0. The van der Waals surface area contributed by atoms with E-state index in [0.29, 0.717) is 0 Å². The normalized spacial score (nSPS) is 9.79. The molecule has 0 saturated carbocycles. The van der Waals surface area contributed by atoms with Crippen LogP contribution in [0.5, 0.6) is 0 Å². The Labute approximate surface area is 93.1 Å². The van der Waals surface area contributed by atoms with Crippen LogP contribution in [-0.4, -0.2) is 9.55 Å². The van der Waals surface area contributed by atoms with Crippen molar-refractivity contribution >= 4 is 27.0 Å². The Balaban J connectivity index is 0.000000461. The molecule has 2 heterocycles. The molecule has 0 aliphatic heterocycles. The predicted molar refractivity (Wildman–Crippen MR) is 64.5 cm³/mol. The number of nitrogens with zero attached hydrogens (tertiary/aromatic N) is 2. The first kappa shape index (κ1) is 11.2. The number of fused-ring (bicyclic) bond motifs is 1. The third kappa shape index (κ3) is 1.98. The van der Waals surface area contributed by atoms with Crippen LogP contribution in [0.25, 0.3) is 11.0 Å². The first-order valence-electron chi connectivity index (χ1n) is 4.75. The van der Waals surface area contributed by atoms with Gasteiger partial charge in [-0.2, -0.15) is 0 Å². The van der Waals surface area contributed by atoms with Crippen LogP contribution in [0.4, 0.5) is 0 Å². The van der Waals surface area contributed by atoms with E-state index in [1.165, 1.54) is 10.9 Å².